The molecule has 0 aliphatic carbocycles. The van der Waals surface area contributed by atoms with E-state index in [4.69, 9.17) is 11.6 Å². The predicted molar refractivity (Wildman–Crippen MR) is 74.6 cm³/mol. The van der Waals surface area contributed by atoms with E-state index in [0.29, 0.717) is 11.9 Å². The maximum Gasteiger partial charge on any atom is 0.0353 e. The van der Waals surface area contributed by atoms with E-state index in [9.17, 15) is 0 Å². The van der Waals surface area contributed by atoms with Gasteiger partial charge in [-0.25, -0.2) is 0 Å². The topological polar surface area (TPSA) is 3.24 Å². The van der Waals surface area contributed by atoms with Gasteiger partial charge in [-0.2, -0.15) is 0 Å². The van der Waals surface area contributed by atoms with Crippen molar-refractivity contribution in [2.45, 2.75) is 24.3 Å². The fraction of sp³-hybridized carbons (Fsp3) is 0.538. The Morgan fingerprint density at radius 2 is 1.88 bits per heavy atom. The summed E-state index contributed by atoms with van der Waals surface area (Å²) in [6.07, 6.45) is 0.995. The van der Waals surface area contributed by atoms with Gasteiger partial charge in [-0.15, -0.1) is 23.4 Å². The van der Waals surface area contributed by atoms with Crippen LogP contribution in [-0.4, -0.2) is 30.6 Å². The fourth-order valence-corrected chi connectivity index (χ4v) is 2.65. The molecule has 0 aliphatic rings. The lowest BCUT2D eigenvalue weighted by Gasteiger charge is -2.24. The molecule has 0 N–H and O–H groups in total. The number of hydrogen-bond acceptors (Lipinski definition) is 2. The van der Waals surface area contributed by atoms with Crippen molar-refractivity contribution in [3.63, 3.8) is 0 Å². The highest BCUT2D eigenvalue weighted by atomic mass is 35.5. The van der Waals surface area contributed by atoms with Crippen LogP contribution in [0.1, 0.15) is 24.9 Å². The van der Waals surface area contributed by atoms with Crippen molar-refractivity contribution in [1.29, 1.82) is 0 Å². The molecule has 1 aromatic rings. The standard InChI is InChI=1S/C13H20ClNS/c1-4-16-12-7-5-11(6-8-12)13(9-10-14)15(2)3/h5-8,13H,4,9-10H2,1-3H3. The van der Waals surface area contributed by atoms with Crippen molar-refractivity contribution in [3.8, 4) is 0 Å². The Morgan fingerprint density at radius 3 is 2.31 bits per heavy atom. The summed E-state index contributed by atoms with van der Waals surface area (Å²) in [6.45, 7) is 2.18. The van der Waals surface area contributed by atoms with Gasteiger partial charge in [0, 0.05) is 16.8 Å². The van der Waals surface area contributed by atoms with Crippen molar-refractivity contribution >= 4 is 23.4 Å². The van der Waals surface area contributed by atoms with E-state index in [0.717, 1.165) is 12.2 Å². The average molecular weight is 258 g/mol. The number of thioether (sulfide) groups is 1. The molecule has 0 aromatic heterocycles. The van der Waals surface area contributed by atoms with Crippen LogP contribution in [0.15, 0.2) is 29.2 Å². The number of hydrogen-bond donors (Lipinski definition) is 0. The summed E-state index contributed by atoms with van der Waals surface area (Å²) in [5.41, 5.74) is 1.35. The van der Waals surface area contributed by atoms with Crippen LogP contribution in [-0.2, 0) is 0 Å². The molecular formula is C13H20ClNS. The highest BCUT2D eigenvalue weighted by Crippen LogP contribution is 2.25. The average Bonchev–Trinajstić information content (AvgIpc) is 2.27. The Morgan fingerprint density at radius 1 is 1.25 bits per heavy atom. The van der Waals surface area contributed by atoms with Gasteiger partial charge in [-0.1, -0.05) is 19.1 Å². The number of halogens is 1. The summed E-state index contributed by atoms with van der Waals surface area (Å²) in [6, 6.07) is 9.27. The quantitative estimate of drug-likeness (QED) is 0.559. The molecule has 0 spiro atoms. The molecule has 1 atom stereocenters. The zero-order valence-corrected chi connectivity index (χ0v) is 11.8. The van der Waals surface area contributed by atoms with Gasteiger partial charge < -0.3 is 4.90 Å². The minimum Gasteiger partial charge on any atom is -0.302 e. The van der Waals surface area contributed by atoms with Crippen molar-refractivity contribution in [2.24, 2.45) is 0 Å². The fourth-order valence-electron chi connectivity index (χ4n) is 1.78. The Hall–Kier alpha value is -0.180. The van der Waals surface area contributed by atoms with Crippen molar-refractivity contribution < 1.29 is 0 Å². The van der Waals surface area contributed by atoms with Gasteiger partial charge in [-0.3, -0.25) is 0 Å². The van der Waals surface area contributed by atoms with Gasteiger partial charge in [-0.05, 0) is 44.0 Å². The van der Waals surface area contributed by atoms with Crippen LogP contribution >= 0.6 is 23.4 Å². The molecule has 1 aromatic carbocycles. The first-order valence-electron chi connectivity index (χ1n) is 5.64. The minimum absolute atomic E-state index is 0.429. The molecule has 1 rings (SSSR count). The van der Waals surface area contributed by atoms with Gasteiger partial charge in [0.2, 0.25) is 0 Å². The Kier molecular flexibility index (Phi) is 6.25. The molecule has 0 aliphatic heterocycles. The lowest BCUT2D eigenvalue weighted by Crippen LogP contribution is -2.20. The number of benzene rings is 1. The van der Waals surface area contributed by atoms with E-state index in [1.54, 1.807) is 0 Å². The van der Waals surface area contributed by atoms with Gasteiger partial charge >= 0.3 is 0 Å². The molecular weight excluding hydrogens is 238 g/mol. The Bertz CT molecular complexity index is 297. The summed E-state index contributed by atoms with van der Waals surface area (Å²) in [5.74, 6) is 1.83. The van der Waals surface area contributed by atoms with Crippen LogP contribution in [0.3, 0.4) is 0 Å². The highest BCUT2D eigenvalue weighted by Gasteiger charge is 2.12. The third-order valence-electron chi connectivity index (χ3n) is 2.58. The van der Waals surface area contributed by atoms with Gasteiger partial charge in [0.15, 0.2) is 0 Å². The van der Waals surface area contributed by atoms with E-state index in [2.05, 4.69) is 50.2 Å². The van der Waals surface area contributed by atoms with Crippen molar-refractivity contribution in [3.05, 3.63) is 29.8 Å². The molecule has 0 heterocycles. The molecule has 1 nitrogen and oxygen atoms in total. The molecule has 0 amide bonds. The Balaban J connectivity index is 2.77. The smallest absolute Gasteiger partial charge is 0.0353 e. The van der Waals surface area contributed by atoms with E-state index in [-0.39, 0.29) is 0 Å². The third-order valence-corrected chi connectivity index (χ3v) is 3.69. The maximum absolute atomic E-state index is 5.84. The van der Waals surface area contributed by atoms with E-state index < -0.39 is 0 Å². The lowest BCUT2D eigenvalue weighted by molar-refractivity contribution is 0.293. The molecule has 1 unspecified atom stereocenters. The minimum atomic E-state index is 0.429. The molecule has 0 bridgehead atoms. The molecule has 0 radical (unpaired) electrons. The highest BCUT2D eigenvalue weighted by molar-refractivity contribution is 7.99. The molecule has 90 valence electrons. The summed E-state index contributed by atoms with van der Waals surface area (Å²) in [4.78, 5) is 3.57. The van der Waals surface area contributed by atoms with E-state index in [1.165, 1.54) is 10.5 Å². The molecule has 0 saturated heterocycles. The summed E-state index contributed by atoms with van der Waals surface area (Å²) in [5, 5.41) is 0. The van der Waals surface area contributed by atoms with E-state index in [1.807, 2.05) is 11.8 Å². The monoisotopic (exact) mass is 257 g/mol. The molecule has 16 heavy (non-hydrogen) atoms. The lowest BCUT2D eigenvalue weighted by atomic mass is 10.0. The van der Waals surface area contributed by atoms with Crippen LogP contribution < -0.4 is 0 Å². The van der Waals surface area contributed by atoms with Gasteiger partial charge in [0.05, 0.1) is 0 Å². The van der Waals surface area contributed by atoms with Crippen molar-refractivity contribution in [2.75, 3.05) is 25.7 Å². The second-order valence-corrected chi connectivity index (χ2v) is 5.67. The first kappa shape index (κ1) is 13.9. The third kappa shape index (κ3) is 4.00. The van der Waals surface area contributed by atoms with Crippen LogP contribution in [0.25, 0.3) is 0 Å². The summed E-state index contributed by atoms with van der Waals surface area (Å²) < 4.78 is 0. The van der Waals surface area contributed by atoms with Gasteiger partial charge in [0.1, 0.15) is 0 Å². The second kappa shape index (κ2) is 7.21. The first-order valence-corrected chi connectivity index (χ1v) is 7.16. The molecule has 0 fully saturated rings. The van der Waals surface area contributed by atoms with Crippen molar-refractivity contribution in [1.82, 2.24) is 4.90 Å². The normalized spacial score (nSPS) is 13.1. The molecule has 3 heteroatoms. The zero-order chi connectivity index (χ0) is 12.0. The Labute approximate surface area is 108 Å². The van der Waals surface area contributed by atoms with Crippen LogP contribution in [0, 0.1) is 0 Å². The van der Waals surface area contributed by atoms with Crippen LogP contribution in [0.4, 0.5) is 0 Å². The number of rotatable bonds is 6. The first-order chi connectivity index (χ1) is 7.69. The number of nitrogens with zero attached hydrogens (tertiary/aromatic N) is 1. The van der Waals surface area contributed by atoms with Crippen LogP contribution in [0.5, 0.6) is 0 Å². The largest absolute Gasteiger partial charge is 0.302 e. The summed E-state index contributed by atoms with van der Waals surface area (Å²) >= 11 is 7.72. The van der Waals surface area contributed by atoms with Crippen LogP contribution in [0.2, 0.25) is 0 Å². The van der Waals surface area contributed by atoms with E-state index >= 15 is 0 Å². The zero-order valence-electron chi connectivity index (χ0n) is 10.2. The predicted octanol–water partition coefficient (Wildman–Crippen LogP) is 4.03. The SMILES string of the molecule is CCSc1ccc(C(CCCl)N(C)C)cc1. The summed E-state index contributed by atoms with van der Waals surface area (Å²) in [7, 11) is 4.21. The second-order valence-electron chi connectivity index (χ2n) is 3.96. The van der Waals surface area contributed by atoms with Gasteiger partial charge in [0.25, 0.3) is 0 Å². The molecule has 0 saturated carbocycles. The maximum atomic E-state index is 5.84. The number of alkyl halides is 1.